The van der Waals surface area contributed by atoms with Gasteiger partial charge in [0.1, 0.15) is 4.90 Å². The number of morpholine rings is 1. The lowest BCUT2D eigenvalue weighted by molar-refractivity contribution is -0.385. The summed E-state index contributed by atoms with van der Waals surface area (Å²) in [6, 6.07) is 3.09. The predicted molar refractivity (Wildman–Crippen MR) is 93.4 cm³/mol. The molecule has 2 saturated heterocycles. The van der Waals surface area contributed by atoms with Gasteiger partial charge in [0.15, 0.2) is 9.84 Å². The standard InChI is InChI=1S/C14H19N3O7S2/c18-17(19)12-1-2-13(15-11-3-8-25(20,21)10-11)14(9-12)26(22,23)16-4-6-24-7-5-16/h1-2,9,11,15H,3-8,10H2. The molecule has 2 heterocycles. The van der Waals surface area contributed by atoms with E-state index in [1.54, 1.807) is 0 Å². The van der Waals surface area contributed by atoms with Crippen LogP contribution < -0.4 is 5.32 Å². The number of hydrogen-bond acceptors (Lipinski definition) is 8. The van der Waals surface area contributed by atoms with E-state index < -0.39 is 30.8 Å². The van der Waals surface area contributed by atoms with E-state index in [4.69, 9.17) is 4.74 Å². The maximum Gasteiger partial charge on any atom is 0.270 e. The number of benzene rings is 1. The van der Waals surface area contributed by atoms with Crippen LogP contribution in [0.5, 0.6) is 0 Å². The quantitative estimate of drug-likeness (QED) is 0.542. The summed E-state index contributed by atoms with van der Waals surface area (Å²) < 4.78 is 55.6. The molecule has 0 spiro atoms. The Hall–Kier alpha value is -1.76. The van der Waals surface area contributed by atoms with Crippen LogP contribution in [0.2, 0.25) is 0 Å². The van der Waals surface area contributed by atoms with Crippen LogP contribution in [0.3, 0.4) is 0 Å². The van der Waals surface area contributed by atoms with Crippen molar-refractivity contribution in [2.45, 2.75) is 17.4 Å². The van der Waals surface area contributed by atoms with Gasteiger partial charge < -0.3 is 10.1 Å². The number of sulfonamides is 1. The largest absolute Gasteiger partial charge is 0.380 e. The van der Waals surface area contributed by atoms with Crippen LogP contribution in [0.15, 0.2) is 23.1 Å². The number of anilines is 1. The molecule has 1 unspecified atom stereocenters. The number of sulfone groups is 1. The number of hydrogen-bond donors (Lipinski definition) is 1. The molecule has 1 N–H and O–H groups in total. The number of nitrogens with zero attached hydrogens (tertiary/aromatic N) is 2. The van der Waals surface area contributed by atoms with Gasteiger partial charge in [-0.15, -0.1) is 0 Å². The first-order valence-corrected chi connectivity index (χ1v) is 11.3. The molecular weight excluding hydrogens is 386 g/mol. The number of non-ortho nitro benzene ring substituents is 1. The van der Waals surface area contributed by atoms with Gasteiger partial charge in [0.25, 0.3) is 5.69 Å². The first-order valence-electron chi connectivity index (χ1n) is 8.02. The van der Waals surface area contributed by atoms with E-state index in [1.807, 2.05) is 0 Å². The summed E-state index contributed by atoms with van der Waals surface area (Å²) in [5.41, 5.74) is -0.175. The van der Waals surface area contributed by atoms with E-state index in [0.717, 1.165) is 6.07 Å². The molecular formula is C14H19N3O7S2. The van der Waals surface area contributed by atoms with Crippen molar-refractivity contribution in [3.05, 3.63) is 28.3 Å². The van der Waals surface area contributed by atoms with Gasteiger partial charge in [-0.05, 0) is 12.5 Å². The molecule has 12 heteroatoms. The fourth-order valence-electron chi connectivity index (χ4n) is 3.01. The molecule has 1 aromatic carbocycles. The summed E-state index contributed by atoms with van der Waals surface area (Å²) in [6.45, 7) is 0.806. The summed E-state index contributed by atoms with van der Waals surface area (Å²) in [7, 11) is -7.14. The average molecular weight is 405 g/mol. The number of nitro benzene ring substituents is 1. The highest BCUT2D eigenvalue weighted by atomic mass is 32.2. The van der Waals surface area contributed by atoms with Crippen molar-refractivity contribution in [1.82, 2.24) is 4.31 Å². The molecule has 2 aliphatic rings. The minimum atomic E-state index is -3.98. The second kappa shape index (κ2) is 7.10. The van der Waals surface area contributed by atoms with Gasteiger partial charge in [0.05, 0.1) is 35.3 Å². The molecule has 0 aliphatic carbocycles. The third-order valence-corrected chi connectivity index (χ3v) is 8.06. The normalized spacial score (nSPS) is 23.6. The van der Waals surface area contributed by atoms with Crippen LogP contribution in [-0.4, -0.2) is 69.9 Å². The highest BCUT2D eigenvalue weighted by Gasteiger charge is 2.33. The fraction of sp³-hybridized carbons (Fsp3) is 0.571. The SMILES string of the molecule is O=[N+]([O-])c1ccc(NC2CCS(=O)(=O)C2)c(S(=O)(=O)N2CCOCC2)c1. The first kappa shape index (κ1) is 19.0. The maximum atomic E-state index is 13.0. The molecule has 2 fully saturated rings. The smallest absolute Gasteiger partial charge is 0.270 e. The van der Waals surface area contributed by atoms with Crippen molar-refractivity contribution < 1.29 is 26.5 Å². The van der Waals surface area contributed by atoms with Crippen LogP contribution in [0.1, 0.15) is 6.42 Å². The number of rotatable bonds is 5. The Kier molecular flexibility index (Phi) is 5.19. The summed E-state index contributed by atoms with van der Waals surface area (Å²) in [4.78, 5) is 10.2. The van der Waals surface area contributed by atoms with E-state index >= 15 is 0 Å². The molecule has 0 amide bonds. The van der Waals surface area contributed by atoms with E-state index in [1.165, 1.54) is 16.4 Å². The molecule has 0 bridgehead atoms. The van der Waals surface area contributed by atoms with Crippen molar-refractivity contribution in [3.63, 3.8) is 0 Å². The van der Waals surface area contributed by atoms with Crippen molar-refractivity contribution >= 4 is 31.2 Å². The Morgan fingerprint density at radius 2 is 1.96 bits per heavy atom. The first-order chi connectivity index (χ1) is 12.2. The van der Waals surface area contributed by atoms with Crippen molar-refractivity contribution in [3.8, 4) is 0 Å². The summed E-state index contributed by atoms with van der Waals surface area (Å²) >= 11 is 0. The lowest BCUT2D eigenvalue weighted by atomic mass is 10.2. The minimum Gasteiger partial charge on any atom is -0.380 e. The summed E-state index contributed by atoms with van der Waals surface area (Å²) in [6.07, 6.45) is 0.358. The molecule has 2 aliphatic heterocycles. The Labute approximate surface area is 151 Å². The lowest BCUT2D eigenvalue weighted by Gasteiger charge is -2.27. The zero-order valence-electron chi connectivity index (χ0n) is 13.8. The van der Waals surface area contributed by atoms with Gasteiger partial charge in [-0.25, -0.2) is 16.8 Å². The third-order valence-electron chi connectivity index (χ3n) is 4.36. The van der Waals surface area contributed by atoms with E-state index in [0.29, 0.717) is 6.42 Å². The average Bonchev–Trinajstić information content (AvgIpc) is 2.94. The molecule has 3 rings (SSSR count). The highest BCUT2D eigenvalue weighted by Crippen LogP contribution is 2.31. The molecule has 0 aromatic heterocycles. The van der Waals surface area contributed by atoms with Crippen LogP contribution in [0.4, 0.5) is 11.4 Å². The lowest BCUT2D eigenvalue weighted by Crippen LogP contribution is -2.41. The van der Waals surface area contributed by atoms with Gasteiger partial charge in [-0.1, -0.05) is 0 Å². The Balaban J connectivity index is 1.97. The molecule has 0 saturated carbocycles. The minimum absolute atomic E-state index is 0.0309. The van der Waals surface area contributed by atoms with Gasteiger partial charge in [0, 0.05) is 31.3 Å². The van der Waals surface area contributed by atoms with Crippen LogP contribution in [0, 0.1) is 10.1 Å². The maximum absolute atomic E-state index is 13.0. The van der Waals surface area contributed by atoms with E-state index in [-0.39, 0.29) is 54.1 Å². The molecule has 144 valence electrons. The monoisotopic (exact) mass is 405 g/mol. The van der Waals surface area contributed by atoms with E-state index in [2.05, 4.69) is 5.32 Å². The van der Waals surface area contributed by atoms with Gasteiger partial charge in [-0.3, -0.25) is 10.1 Å². The van der Waals surface area contributed by atoms with E-state index in [9.17, 15) is 26.9 Å². The molecule has 10 nitrogen and oxygen atoms in total. The van der Waals surface area contributed by atoms with Gasteiger partial charge >= 0.3 is 0 Å². The third kappa shape index (κ3) is 3.98. The Morgan fingerprint density at radius 3 is 2.54 bits per heavy atom. The molecule has 0 radical (unpaired) electrons. The second-order valence-electron chi connectivity index (χ2n) is 6.20. The molecule has 1 atom stereocenters. The van der Waals surface area contributed by atoms with Crippen molar-refractivity contribution in [2.24, 2.45) is 0 Å². The number of nitrogens with one attached hydrogen (secondary N) is 1. The van der Waals surface area contributed by atoms with Crippen molar-refractivity contribution in [1.29, 1.82) is 0 Å². The Morgan fingerprint density at radius 1 is 1.27 bits per heavy atom. The van der Waals surface area contributed by atoms with Crippen LogP contribution in [-0.2, 0) is 24.6 Å². The topological polar surface area (TPSA) is 136 Å². The second-order valence-corrected chi connectivity index (χ2v) is 10.3. The van der Waals surface area contributed by atoms with Crippen LogP contribution >= 0.6 is 0 Å². The zero-order chi connectivity index (χ0) is 18.9. The zero-order valence-corrected chi connectivity index (χ0v) is 15.5. The number of nitro groups is 1. The van der Waals surface area contributed by atoms with Gasteiger partial charge in [-0.2, -0.15) is 4.31 Å². The molecule has 26 heavy (non-hydrogen) atoms. The van der Waals surface area contributed by atoms with Crippen molar-refractivity contribution in [2.75, 3.05) is 43.1 Å². The van der Waals surface area contributed by atoms with Gasteiger partial charge in [0.2, 0.25) is 10.0 Å². The number of ether oxygens (including phenoxy) is 1. The Bertz CT molecular complexity index is 908. The fourth-order valence-corrected chi connectivity index (χ4v) is 6.27. The van der Waals surface area contributed by atoms with Crippen LogP contribution in [0.25, 0.3) is 0 Å². The summed E-state index contributed by atoms with van der Waals surface area (Å²) in [5.74, 6) is -0.0653. The molecule has 1 aromatic rings. The predicted octanol–water partition coefficient (Wildman–Crippen LogP) is 0.215. The summed E-state index contributed by atoms with van der Waals surface area (Å²) in [5, 5.41) is 14.0. The highest BCUT2D eigenvalue weighted by molar-refractivity contribution is 7.91.